The van der Waals surface area contributed by atoms with E-state index in [-0.39, 0.29) is 11.8 Å². The van der Waals surface area contributed by atoms with Gasteiger partial charge in [0.1, 0.15) is 5.82 Å². The van der Waals surface area contributed by atoms with Crippen LogP contribution in [0, 0.1) is 5.92 Å². The first-order valence-corrected chi connectivity index (χ1v) is 10.5. The van der Waals surface area contributed by atoms with E-state index in [0.717, 1.165) is 41.8 Å². The molecule has 0 unspecified atom stereocenters. The Balaban J connectivity index is 1.49. The second-order valence-corrected chi connectivity index (χ2v) is 7.78. The molecule has 1 saturated heterocycles. The van der Waals surface area contributed by atoms with Crippen LogP contribution in [0.15, 0.2) is 61.1 Å². The highest BCUT2D eigenvalue weighted by Gasteiger charge is 2.21. The lowest BCUT2D eigenvalue weighted by Gasteiger charge is -2.21. The van der Waals surface area contributed by atoms with Crippen LogP contribution < -0.4 is 16.0 Å². The Hall–Kier alpha value is -2.96. The first-order chi connectivity index (χ1) is 14.7. The van der Waals surface area contributed by atoms with Crippen molar-refractivity contribution in [3.05, 3.63) is 71.6 Å². The average Bonchev–Trinajstić information content (AvgIpc) is 2.80. The molecule has 3 heterocycles. The second kappa shape index (κ2) is 9.69. The molecule has 1 aliphatic heterocycles. The third kappa shape index (κ3) is 5.14. The molecule has 6 nitrogen and oxygen atoms in total. The minimum atomic E-state index is -0.0274. The Morgan fingerprint density at radius 2 is 2.07 bits per heavy atom. The largest absolute Gasteiger partial charge is 0.381 e. The van der Waals surface area contributed by atoms with E-state index in [1.807, 2.05) is 42.5 Å². The summed E-state index contributed by atoms with van der Waals surface area (Å²) in [6, 6.07) is 13.8. The number of anilines is 2. The van der Waals surface area contributed by atoms with Crippen molar-refractivity contribution in [2.24, 2.45) is 5.92 Å². The van der Waals surface area contributed by atoms with Crippen molar-refractivity contribution < 1.29 is 4.79 Å². The first kappa shape index (κ1) is 20.3. The number of halogens is 1. The van der Waals surface area contributed by atoms with Gasteiger partial charge in [0, 0.05) is 42.9 Å². The zero-order chi connectivity index (χ0) is 20.8. The fraction of sp³-hybridized carbons (Fsp3) is 0.261. The number of hydrogen-bond donors (Lipinski definition) is 3. The van der Waals surface area contributed by atoms with Gasteiger partial charge in [0.15, 0.2) is 0 Å². The molecular formula is C23H24ClN5O. The van der Waals surface area contributed by atoms with Gasteiger partial charge in [-0.25, -0.2) is 4.98 Å². The summed E-state index contributed by atoms with van der Waals surface area (Å²) >= 11 is 6.43. The topological polar surface area (TPSA) is 78.9 Å². The Bertz CT molecular complexity index is 1010. The van der Waals surface area contributed by atoms with Gasteiger partial charge in [0.25, 0.3) is 0 Å². The van der Waals surface area contributed by atoms with E-state index in [1.54, 1.807) is 18.6 Å². The van der Waals surface area contributed by atoms with Crippen LogP contribution in [0.25, 0.3) is 11.1 Å². The number of pyridine rings is 2. The van der Waals surface area contributed by atoms with Gasteiger partial charge in [-0.1, -0.05) is 23.7 Å². The molecule has 0 aliphatic carbocycles. The van der Waals surface area contributed by atoms with Crippen LogP contribution in [0.2, 0.25) is 5.02 Å². The van der Waals surface area contributed by atoms with Gasteiger partial charge in [-0.3, -0.25) is 9.78 Å². The number of hydrogen-bond acceptors (Lipinski definition) is 5. The molecular weight excluding hydrogens is 398 g/mol. The molecule has 0 saturated carbocycles. The quantitative estimate of drug-likeness (QED) is 0.551. The molecule has 3 N–H and O–H groups in total. The minimum Gasteiger partial charge on any atom is -0.381 e. The van der Waals surface area contributed by atoms with Crippen molar-refractivity contribution in [3.63, 3.8) is 0 Å². The number of carbonyl (C=O) groups is 1. The van der Waals surface area contributed by atoms with E-state index in [4.69, 9.17) is 11.6 Å². The number of amides is 1. The Labute approximate surface area is 181 Å². The van der Waals surface area contributed by atoms with E-state index >= 15 is 0 Å². The van der Waals surface area contributed by atoms with E-state index < -0.39 is 0 Å². The molecule has 7 heteroatoms. The van der Waals surface area contributed by atoms with Crippen molar-refractivity contribution in [1.29, 1.82) is 0 Å². The maximum Gasteiger partial charge on any atom is 0.229 e. The van der Waals surface area contributed by atoms with Crippen LogP contribution in [-0.2, 0) is 11.3 Å². The lowest BCUT2D eigenvalue weighted by atomic mass is 9.99. The molecule has 1 aliphatic rings. The lowest BCUT2D eigenvalue weighted by molar-refractivity contribution is -0.120. The molecule has 1 amide bonds. The van der Waals surface area contributed by atoms with Crippen LogP contribution >= 0.6 is 11.6 Å². The number of carbonyl (C=O) groups excluding carboxylic acids is 1. The molecule has 4 rings (SSSR count). The highest BCUT2D eigenvalue weighted by molar-refractivity contribution is 6.33. The summed E-state index contributed by atoms with van der Waals surface area (Å²) in [5, 5.41) is 10.2. The van der Waals surface area contributed by atoms with E-state index in [0.29, 0.717) is 23.9 Å². The van der Waals surface area contributed by atoms with Crippen molar-refractivity contribution in [1.82, 2.24) is 15.3 Å². The molecule has 2 aromatic heterocycles. The molecule has 154 valence electrons. The number of nitrogens with zero attached hydrogens (tertiary/aromatic N) is 2. The van der Waals surface area contributed by atoms with Gasteiger partial charge >= 0.3 is 0 Å². The normalized spacial score (nSPS) is 16.1. The number of rotatable bonds is 6. The minimum absolute atomic E-state index is 0.00394. The molecule has 1 fully saturated rings. The highest BCUT2D eigenvalue weighted by atomic mass is 35.5. The monoisotopic (exact) mass is 421 g/mol. The van der Waals surface area contributed by atoms with Crippen molar-refractivity contribution in [2.75, 3.05) is 23.7 Å². The molecule has 0 bridgehead atoms. The molecule has 3 aromatic rings. The molecule has 30 heavy (non-hydrogen) atoms. The van der Waals surface area contributed by atoms with E-state index in [2.05, 4.69) is 25.9 Å². The van der Waals surface area contributed by atoms with Crippen LogP contribution in [0.3, 0.4) is 0 Å². The van der Waals surface area contributed by atoms with Gasteiger partial charge in [0.2, 0.25) is 5.91 Å². The standard InChI is InChI=1S/C23H24ClN5O/c24-21-15-28-22(29-23(30)18-4-2-8-26-14-18)12-20(21)17-3-1-5-19(11-17)27-13-16-6-9-25-10-7-16/h1,3,5-7,9-12,15,18,26-27H,2,4,8,13-14H2,(H,28,29,30)/t18-/m1/s1. The van der Waals surface area contributed by atoms with Crippen molar-refractivity contribution >= 4 is 29.0 Å². The fourth-order valence-corrected chi connectivity index (χ4v) is 3.75. The van der Waals surface area contributed by atoms with Crippen molar-refractivity contribution in [2.45, 2.75) is 19.4 Å². The molecule has 1 aromatic carbocycles. The lowest BCUT2D eigenvalue weighted by Crippen LogP contribution is -2.37. The predicted molar refractivity (Wildman–Crippen MR) is 120 cm³/mol. The summed E-state index contributed by atoms with van der Waals surface area (Å²) in [6.07, 6.45) is 7.05. The first-order valence-electron chi connectivity index (χ1n) is 10.1. The molecule has 0 spiro atoms. The SMILES string of the molecule is O=C(Nc1cc(-c2cccc(NCc3ccncc3)c2)c(Cl)cn1)[C@@H]1CCCNC1. The number of piperidine rings is 1. The van der Waals surface area contributed by atoms with Gasteiger partial charge in [0.05, 0.1) is 10.9 Å². The third-order valence-electron chi connectivity index (χ3n) is 5.19. The van der Waals surface area contributed by atoms with Gasteiger partial charge < -0.3 is 16.0 Å². The Morgan fingerprint density at radius 1 is 1.20 bits per heavy atom. The average molecular weight is 422 g/mol. The predicted octanol–water partition coefficient (Wildman–Crippen LogP) is 4.35. The fourth-order valence-electron chi connectivity index (χ4n) is 3.53. The van der Waals surface area contributed by atoms with E-state index in [9.17, 15) is 4.79 Å². The van der Waals surface area contributed by atoms with Crippen LogP contribution in [0.1, 0.15) is 18.4 Å². The summed E-state index contributed by atoms with van der Waals surface area (Å²) in [5.41, 5.74) is 3.92. The summed E-state index contributed by atoms with van der Waals surface area (Å²) < 4.78 is 0. The molecule has 0 radical (unpaired) electrons. The van der Waals surface area contributed by atoms with Crippen molar-refractivity contribution in [3.8, 4) is 11.1 Å². The maximum atomic E-state index is 12.5. The van der Waals surface area contributed by atoms with E-state index in [1.165, 1.54) is 0 Å². The number of nitrogens with one attached hydrogen (secondary N) is 3. The Kier molecular flexibility index (Phi) is 6.57. The summed E-state index contributed by atoms with van der Waals surface area (Å²) in [6.45, 7) is 2.38. The second-order valence-electron chi connectivity index (χ2n) is 7.37. The smallest absolute Gasteiger partial charge is 0.229 e. The van der Waals surface area contributed by atoms with Gasteiger partial charge in [-0.05, 0) is 60.8 Å². The maximum absolute atomic E-state index is 12.5. The molecule has 1 atom stereocenters. The zero-order valence-electron chi connectivity index (χ0n) is 16.6. The highest BCUT2D eigenvalue weighted by Crippen LogP contribution is 2.31. The van der Waals surface area contributed by atoms with Crippen LogP contribution in [0.5, 0.6) is 0 Å². The Morgan fingerprint density at radius 3 is 2.87 bits per heavy atom. The summed E-state index contributed by atoms with van der Waals surface area (Å²) in [4.78, 5) is 20.9. The van der Waals surface area contributed by atoms with Crippen LogP contribution in [0.4, 0.5) is 11.5 Å². The number of aromatic nitrogens is 2. The van der Waals surface area contributed by atoms with Gasteiger partial charge in [-0.15, -0.1) is 0 Å². The summed E-state index contributed by atoms with van der Waals surface area (Å²) in [5.74, 6) is 0.483. The zero-order valence-corrected chi connectivity index (χ0v) is 17.3. The van der Waals surface area contributed by atoms with Gasteiger partial charge in [-0.2, -0.15) is 0 Å². The number of benzene rings is 1. The summed E-state index contributed by atoms with van der Waals surface area (Å²) in [7, 11) is 0. The third-order valence-corrected chi connectivity index (χ3v) is 5.50. The van der Waals surface area contributed by atoms with Crippen LogP contribution in [-0.4, -0.2) is 29.0 Å².